The molecule has 1 atom stereocenters. The fourth-order valence-corrected chi connectivity index (χ4v) is 2.63. The monoisotopic (exact) mass is 371 g/mol. The first-order chi connectivity index (χ1) is 12.2. The van der Waals surface area contributed by atoms with Gasteiger partial charge >= 0.3 is 5.97 Å². The van der Waals surface area contributed by atoms with Gasteiger partial charge in [-0.2, -0.15) is 0 Å². The van der Waals surface area contributed by atoms with Crippen LogP contribution in [-0.4, -0.2) is 28.7 Å². The highest BCUT2D eigenvalue weighted by molar-refractivity contribution is 5.76. The van der Waals surface area contributed by atoms with Gasteiger partial charge in [-0.1, -0.05) is 0 Å². The molecular formula is C16H16F3N3O4. The Morgan fingerprint density at radius 1 is 1.19 bits per heavy atom. The van der Waals surface area contributed by atoms with Gasteiger partial charge < -0.3 is 15.6 Å². The molecule has 0 aliphatic heterocycles. The molecule has 0 spiro atoms. The number of hydrogen-bond acceptors (Lipinski definition) is 4. The highest BCUT2D eigenvalue weighted by atomic mass is 19.2. The molecule has 1 aromatic carbocycles. The lowest BCUT2D eigenvalue weighted by Crippen LogP contribution is -2.22. The van der Waals surface area contributed by atoms with E-state index in [2.05, 4.69) is 10.2 Å². The van der Waals surface area contributed by atoms with Gasteiger partial charge in [0.2, 0.25) is 5.91 Å². The van der Waals surface area contributed by atoms with Gasteiger partial charge in [-0.25, -0.2) is 13.2 Å². The van der Waals surface area contributed by atoms with Crippen molar-refractivity contribution >= 4 is 11.9 Å². The molecule has 7 nitrogen and oxygen atoms in total. The summed E-state index contributed by atoms with van der Waals surface area (Å²) in [6.45, 7) is 1.71. The Balaban J connectivity index is 2.55. The van der Waals surface area contributed by atoms with Gasteiger partial charge in [0.15, 0.2) is 17.5 Å². The summed E-state index contributed by atoms with van der Waals surface area (Å²) in [7, 11) is 0. The van der Waals surface area contributed by atoms with Crippen LogP contribution in [-0.2, 0) is 20.7 Å². The summed E-state index contributed by atoms with van der Waals surface area (Å²) in [5.74, 6) is -7.33. The Hall–Kier alpha value is -3.04. The molecule has 1 heterocycles. The largest absolute Gasteiger partial charge is 0.466 e. The van der Waals surface area contributed by atoms with Crippen LogP contribution in [0.1, 0.15) is 36.1 Å². The number of primary amides is 1. The Morgan fingerprint density at radius 2 is 1.81 bits per heavy atom. The number of ether oxygens (including phenoxy) is 1. The Bertz CT molecular complexity index is 868. The minimum atomic E-state index is -1.68. The van der Waals surface area contributed by atoms with E-state index >= 15 is 0 Å². The topological polar surface area (TPSA) is 118 Å². The third-order valence-corrected chi connectivity index (χ3v) is 3.69. The summed E-state index contributed by atoms with van der Waals surface area (Å²) in [5.41, 5.74) is 4.26. The molecule has 26 heavy (non-hydrogen) atoms. The van der Waals surface area contributed by atoms with Crippen molar-refractivity contribution in [3.8, 4) is 0 Å². The van der Waals surface area contributed by atoms with E-state index in [4.69, 9.17) is 10.5 Å². The van der Waals surface area contributed by atoms with E-state index in [9.17, 15) is 27.6 Å². The fraction of sp³-hybridized carbons (Fsp3) is 0.312. The summed E-state index contributed by atoms with van der Waals surface area (Å²) < 4.78 is 45.2. The van der Waals surface area contributed by atoms with E-state index in [0.717, 1.165) is 0 Å². The maximum Gasteiger partial charge on any atom is 0.311 e. The number of rotatable bonds is 7. The van der Waals surface area contributed by atoms with Crippen LogP contribution in [0.5, 0.6) is 0 Å². The molecular weight excluding hydrogens is 355 g/mol. The number of nitrogens with one attached hydrogen (secondary N) is 2. The molecule has 1 amide bonds. The second-order valence-electron chi connectivity index (χ2n) is 5.47. The fourth-order valence-electron chi connectivity index (χ4n) is 2.63. The number of aromatic nitrogens is 2. The lowest BCUT2D eigenvalue weighted by atomic mass is 9.87. The minimum absolute atomic E-state index is 0.0739. The average molecular weight is 371 g/mol. The molecule has 140 valence electrons. The average Bonchev–Trinajstić information content (AvgIpc) is 2.90. The predicted molar refractivity (Wildman–Crippen MR) is 83.7 cm³/mol. The first-order valence-electron chi connectivity index (χ1n) is 7.62. The number of esters is 1. The van der Waals surface area contributed by atoms with Crippen molar-refractivity contribution in [3.05, 3.63) is 56.8 Å². The zero-order valence-corrected chi connectivity index (χ0v) is 13.7. The van der Waals surface area contributed by atoms with Crippen LogP contribution in [0.3, 0.4) is 0 Å². The summed E-state index contributed by atoms with van der Waals surface area (Å²) in [5, 5.41) is 4.72. The number of aromatic amines is 2. The molecule has 2 aromatic rings. The van der Waals surface area contributed by atoms with E-state index < -0.39 is 47.2 Å². The van der Waals surface area contributed by atoms with Crippen molar-refractivity contribution in [2.75, 3.05) is 6.61 Å². The van der Waals surface area contributed by atoms with Gasteiger partial charge in [0.1, 0.15) is 0 Å². The third-order valence-electron chi connectivity index (χ3n) is 3.69. The number of carbonyl (C=O) groups is 2. The number of nitrogens with two attached hydrogens (primary N) is 1. The predicted octanol–water partition coefficient (Wildman–Crippen LogP) is 1.23. The summed E-state index contributed by atoms with van der Waals surface area (Å²) in [6, 6.07) is 1.35. The molecule has 10 heteroatoms. The summed E-state index contributed by atoms with van der Waals surface area (Å²) in [6.07, 6.45) is -0.829. The summed E-state index contributed by atoms with van der Waals surface area (Å²) in [4.78, 5) is 35.3. The van der Waals surface area contributed by atoms with E-state index in [1.165, 1.54) is 0 Å². The van der Waals surface area contributed by atoms with Crippen molar-refractivity contribution in [1.82, 2.24) is 10.2 Å². The number of amides is 1. The molecule has 0 aliphatic carbocycles. The van der Waals surface area contributed by atoms with Crippen LogP contribution >= 0.6 is 0 Å². The Kier molecular flexibility index (Phi) is 5.86. The number of carbonyl (C=O) groups excluding carboxylic acids is 2. The highest BCUT2D eigenvalue weighted by Crippen LogP contribution is 2.30. The van der Waals surface area contributed by atoms with E-state index in [1.54, 1.807) is 6.92 Å². The van der Waals surface area contributed by atoms with Gasteiger partial charge in [0.05, 0.1) is 18.7 Å². The Labute approximate surface area is 145 Å². The smallest absolute Gasteiger partial charge is 0.311 e. The SMILES string of the molecule is CCOC(=O)Cc1[nH][nH]c(=O)c1C(CC(N)=O)c1cc(F)c(F)c(F)c1. The standard InChI is InChI=1S/C16H16F3N3O4/c1-2-26-13(24)6-11-14(16(25)22-21-11)8(5-12(20)23)7-3-9(17)15(19)10(18)4-7/h3-4,8H,2,5-6H2,1H3,(H2,20,23)(H2,21,22,25). The van der Waals surface area contributed by atoms with Gasteiger partial charge in [-0.05, 0) is 24.6 Å². The van der Waals surface area contributed by atoms with E-state index in [-0.39, 0.29) is 29.8 Å². The molecule has 0 bridgehead atoms. The zero-order valence-electron chi connectivity index (χ0n) is 13.7. The zero-order chi connectivity index (χ0) is 19.4. The van der Waals surface area contributed by atoms with Gasteiger partial charge in [-0.15, -0.1) is 0 Å². The van der Waals surface area contributed by atoms with Crippen molar-refractivity contribution in [3.63, 3.8) is 0 Å². The summed E-state index contributed by atoms with van der Waals surface area (Å²) >= 11 is 0. The lowest BCUT2D eigenvalue weighted by Gasteiger charge is -2.16. The number of benzene rings is 1. The first-order valence-corrected chi connectivity index (χ1v) is 7.62. The Morgan fingerprint density at radius 3 is 2.35 bits per heavy atom. The lowest BCUT2D eigenvalue weighted by molar-refractivity contribution is -0.142. The molecule has 2 rings (SSSR count). The number of hydrogen-bond donors (Lipinski definition) is 3. The van der Waals surface area contributed by atoms with Crippen LogP contribution in [0.4, 0.5) is 13.2 Å². The molecule has 0 aliphatic rings. The maximum atomic E-state index is 13.6. The van der Waals surface area contributed by atoms with Gasteiger partial charge in [0.25, 0.3) is 5.56 Å². The van der Waals surface area contributed by atoms with Gasteiger partial charge in [0, 0.05) is 17.9 Å². The van der Waals surface area contributed by atoms with Crippen LogP contribution in [0.15, 0.2) is 16.9 Å². The molecule has 0 fully saturated rings. The molecule has 1 aromatic heterocycles. The van der Waals surface area contributed by atoms with Crippen LogP contribution in [0.25, 0.3) is 0 Å². The second kappa shape index (κ2) is 7.89. The molecule has 0 saturated carbocycles. The van der Waals surface area contributed by atoms with E-state index in [0.29, 0.717) is 12.1 Å². The quantitative estimate of drug-likeness (QED) is 0.501. The number of halogens is 3. The van der Waals surface area contributed by atoms with Crippen LogP contribution in [0.2, 0.25) is 0 Å². The van der Waals surface area contributed by atoms with Gasteiger partial charge in [-0.3, -0.25) is 19.5 Å². The molecule has 0 radical (unpaired) electrons. The number of H-pyrrole nitrogens is 2. The van der Waals surface area contributed by atoms with Crippen molar-refractivity contribution < 1.29 is 27.5 Å². The third kappa shape index (κ3) is 4.13. The van der Waals surface area contributed by atoms with Crippen molar-refractivity contribution in [2.45, 2.75) is 25.7 Å². The van der Waals surface area contributed by atoms with Crippen LogP contribution in [0, 0.1) is 17.5 Å². The van der Waals surface area contributed by atoms with Crippen LogP contribution < -0.4 is 11.3 Å². The van der Waals surface area contributed by atoms with Crippen molar-refractivity contribution in [2.24, 2.45) is 5.73 Å². The van der Waals surface area contributed by atoms with Crippen molar-refractivity contribution in [1.29, 1.82) is 0 Å². The normalized spacial score (nSPS) is 12.0. The molecule has 1 unspecified atom stereocenters. The second-order valence-corrected chi connectivity index (χ2v) is 5.47. The minimum Gasteiger partial charge on any atom is -0.466 e. The molecule has 0 saturated heterocycles. The maximum absolute atomic E-state index is 13.6. The highest BCUT2D eigenvalue weighted by Gasteiger charge is 2.27. The molecule has 4 N–H and O–H groups in total. The first kappa shape index (κ1) is 19.3. The van der Waals surface area contributed by atoms with E-state index in [1.807, 2.05) is 0 Å².